The number of nitrogens with zero attached hydrogens (tertiary/aromatic N) is 5. The monoisotopic (exact) mass is 409 g/mol. The van der Waals surface area contributed by atoms with E-state index in [1.54, 1.807) is 9.42 Å². The van der Waals surface area contributed by atoms with Crippen LogP contribution in [0.15, 0.2) is 24.5 Å². The standard InChI is InChI=1S/C17H14Cl2FN5O2/c1-9-4-13(25-17(23-9)21-8-22-25)14-7-24(2-3-27-14)16(26)10-5-11(18)15(20)12(19)6-10/h4-6,8,14H,2-3,7H2,1H3/t14-/m0/s1. The summed E-state index contributed by atoms with van der Waals surface area (Å²) in [6, 6.07) is 4.41. The Bertz CT molecular complexity index is 1020. The number of carbonyl (C=O) groups excluding carboxylic acids is 1. The summed E-state index contributed by atoms with van der Waals surface area (Å²) < 4.78 is 21.1. The molecule has 2 aromatic heterocycles. The molecule has 140 valence electrons. The van der Waals surface area contributed by atoms with Gasteiger partial charge in [0.25, 0.3) is 11.7 Å². The molecule has 0 N–H and O–H groups in total. The van der Waals surface area contributed by atoms with Gasteiger partial charge >= 0.3 is 0 Å². The molecule has 1 aliphatic heterocycles. The third-order valence-electron chi connectivity index (χ3n) is 4.32. The van der Waals surface area contributed by atoms with Gasteiger partial charge in [-0.1, -0.05) is 23.2 Å². The molecular weight excluding hydrogens is 396 g/mol. The number of fused-ring (bicyclic) bond motifs is 1. The minimum absolute atomic E-state index is 0.190. The average molecular weight is 410 g/mol. The molecule has 1 atom stereocenters. The Balaban J connectivity index is 1.63. The summed E-state index contributed by atoms with van der Waals surface area (Å²) in [6.07, 6.45) is 1.01. The highest BCUT2D eigenvalue weighted by atomic mass is 35.5. The van der Waals surface area contributed by atoms with Gasteiger partial charge in [0.1, 0.15) is 12.4 Å². The van der Waals surface area contributed by atoms with Gasteiger partial charge in [0, 0.05) is 17.8 Å². The minimum Gasteiger partial charge on any atom is -0.368 e. The average Bonchev–Trinajstić information content (AvgIpc) is 3.12. The smallest absolute Gasteiger partial charge is 0.254 e. The first-order valence-corrected chi connectivity index (χ1v) is 8.92. The van der Waals surface area contributed by atoms with Crippen molar-refractivity contribution in [1.29, 1.82) is 0 Å². The first-order chi connectivity index (χ1) is 12.9. The Morgan fingerprint density at radius 3 is 2.78 bits per heavy atom. The lowest BCUT2D eigenvalue weighted by molar-refractivity contribution is -0.0257. The van der Waals surface area contributed by atoms with E-state index in [1.165, 1.54) is 18.5 Å². The maximum atomic E-state index is 13.6. The Kier molecular flexibility index (Phi) is 4.71. The third kappa shape index (κ3) is 3.36. The van der Waals surface area contributed by atoms with Crippen LogP contribution >= 0.6 is 23.2 Å². The van der Waals surface area contributed by atoms with Gasteiger partial charge in [0.2, 0.25) is 0 Å². The molecule has 0 bridgehead atoms. The van der Waals surface area contributed by atoms with Gasteiger partial charge in [-0.05, 0) is 25.1 Å². The molecule has 1 amide bonds. The molecule has 3 heterocycles. The van der Waals surface area contributed by atoms with Crippen molar-refractivity contribution in [2.24, 2.45) is 0 Å². The first-order valence-electron chi connectivity index (χ1n) is 8.16. The lowest BCUT2D eigenvalue weighted by atomic mass is 10.1. The molecule has 0 radical (unpaired) electrons. The number of ether oxygens (including phenoxy) is 1. The largest absolute Gasteiger partial charge is 0.368 e. The van der Waals surface area contributed by atoms with E-state index in [4.69, 9.17) is 27.9 Å². The highest BCUT2D eigenvalue weighted by molar-refractivity contribution is 6.35. The van der Waals surface area contributed by atoms with Gasteiger partial charge in [-0.15, -0.1) is 0 Å². The zero-order valence-electron chi connectivity index (χ0n) is 14.2. The van der Waals surface area contributed by atoms with Crippen LogP contribution in [-0.4, -0.2) is 50.1 Å². The number of aromatic nitrogens is 4. The van der Waals surface area contributed by atoms with E-state index in [-0.39, 0.29) is 21.5 Å². The summed E-state index contributed by atoms with van der Waals surface area (Å²) in [5.74, 6) is -0.572. The van der Waals surface area contributed by atoms with E-state index >= 15 is 0 Å². The fraction of sp³-hybridized carbons (Fsp3) is 0.294. The number of hydrogen-bond acceptors (Lipinski definition) is 5. The van der Waals surface area contributed by atoms with E-state index in [2.05, 4.69) is 15.1 Å². The molecule has 3 aromatic rings. The second-order valence-electron chi connectivity index (χ2n) is 6.16. The molecule has 4 rings (SSSR count). The van der Waals surface area contributed by atoms with Crippen LogP contribution in [0.2, 0.25) is 10.0 Å². The minimum atomic E-state index is -0.740. The summed E-state index contributed by atoms with van der Waals surface area (Å²) in [5, 5.41) is 3.80. The fourth-order valence-electron chi connectivity index (χ4n) is 3.06. The Morgan fingerprint density at radius 2 is 2.04 bits per heavy atom. The molecule has 10 heteroatoms. The number of carbonyl (C=O) groups is 1. The Hall–Kier alpha value is -2.29. The lowest BCUT2D eigenvalue weighted by Gasteiger charge is -2.33. The SMILES string of the molecule is Cc1cc([C@@H]2CN(C(=O)c3cc(Cl)c(F)c(Cl)c3)CCO2)n2ncnc2n1. The highest BCUT2D eigenvalue weighted by Crippen LogP contribution is 2.28. The van der Waals surface area contributed by atoms with Gasteiger partial charge < -0.3 is 9.64 Å². The number of amides is 1. The zero-order chi connectivity index (χ0) is 19.1. The van der Waals surface area contributed by atoms with E-state index in [9.17, 15) is 9.18 Å². The Labute approximate surface area is 163 Å². The molecule has 1 saturated heterocycles. The van der Waals surface area contributed by atoms with Crippen LogP contribution in [0.1, 0.15) is 27.8 Å². The number of rotatable bonds is 2. The van der Waals surface area contributed by atoms with Crippen molar-refractivity contribution in [2.75, 3.05) is 19.7 Å². The van der Waals surface area contributed by atoms with Crippen molar-refractivity contribution in [1.82, 2.24) is 24.5 Å². The summed E-state index contributed by atoms with van der Waals surface area (Å²) in [6.45, 7) is 2.89. The predicted molar refractivity (Wildman–Crippen MR) is 96.5 cm³/mol. The van der Waals surface area contributed by atoms with Crippen molar-refractivity contribution >= 4 is 34.9 Å². The first kappa shape index (κ1) is 18.1. The molecular formula is C17H14Cl2FN5O2. The van der Waals surface area contributed by atoms with E-state index in [0.717, 1.165) is 11.4 Å². The van der Waals surface area contributed by atoms with E-state index < -0.39 is 11.9 Å². The van der Waals surface area contributed by atoms with Gasteiger partial charge in [-0.2, -0.15) is 14.6 Å². The maximum absolute atomic E-state index is 13.6. The molecule has 1 aromatic carbocycles. The van der Waals surface area contributed by atoms with Gasteiger partial charge in [-0.25, -0.2) is 9.37 Å². The van der Waals surface area contributed by atoms with Gasteiger partial charge in [0.15, 0.2) is 5.82 Å². The molecule has 0 spiro atoms. The van der Waals surface area contributed by atoms with E-state index in [0.29, 0.717) is 25.5 Å². The van der Waals surface area contributed by atoms with Crippen LogP contribution < -0.4 is 0 Å². The third-order valence-corrected chi connectivity index (χ3v) is 4.87. The van der Waals surface area contributed by atoms with Crippen LogP contribution in [0.5, 0.6) is 0 Å². The topological polar surface area (TPSA) is 72.6 Å². The molecule has 1 aliphatic rings. The van der Waals surface area contributed by atoms with Crippen molar-refractivity contribution in [2.45, 2.75) is 13.0 Å². The van der Waals surface area contributed by atoms with Crippen LogP contribution in [0, 0.1) is 12.7 Å². The number of benzene rings is 1. The van der Waals surface area contributed by atoms with Crippen molar-refractivity contribution < 1.29 is 13.9 Å². The number of aryl methyl sites for hydroxylation is 1. The second-order valence-corrected chi connectivity index (χ2v) is 6.97. The number of halogens is 3. The molecule has 0 unspecified atom stereocenters. The molecule has 7 nitrogen and oxygen atoms in total. The molecule has 0 aliphatic carbocycles. The van der Waals surface area contributed by atoms with E-state index in [1.807, 2.05) is 13.0 Å². The van der Waals surface area contributed by atoms with Crippen LogP contribution in [-0.2, 0) is 4.74 Å². The highest BCUT2D eigenvalue weighted by Gasteiger charge is 2.29. The van der Waals surface area contributed by atoms with Crippen molar-refractivity contribution in [3.05, 3.63) is 57.3 Å². The van der Waals surface area contributed by atoms with Crippen LogP contribution in [0.3, 0.4) is 0 Å². The zero-order valence-corrected chi connectivity index (χ0v) is 15.7. The quantitative estimate of drug-likeness (QED) is 0.608. The van der Waals surface area contributed by atoms with Crippen molar-refractivity contribution in [3.63, 3.8) is 0 Å². The summed E-state index contributed by atoms with van der Waals surface area (Å²) in [7, 11) is 0. The van der Waals surface area contributed by atoms with Gasteiger partial charge in [0.05, 0.1) is 28.9 Å². The second kappa shape index (κ2) is 7.03. The van der Waals surface area contributed by atoms with Crippen LogP contribution in [0.4, 0.5) is 4.39 Å². The van der Waals surface area contributed by atoms with Gasteiger partial charge in [-0.3, -0.25) is 4.79 Å². The summed E-state index contributed by atoms with van der Waals surface area (Å²) in [4.78, 5) is 22.9. The fourth-order valence-corrected chi connectivity index (χ4v) is 3.55. The predicted octanol–water partition coefficient (Wildman–Crippen LogP) is 3.09. The Morgan fingerprint density at radius 1 is 1.30 bits per heavy atom. The van der Waals surface area contributed by atoms with Crippen molar-refractivity contribution in [3.8, 4) is 0 Å². The normalized spacial score (nSPS) is 17.5. The molecule has 27 heavy (non-hydrogen) atoms. The van der Waals surface area contributed by atoms with Crippen LogP contribution in [0.25, 0.3) is 5.78 Å². The number of morpholine rings is 1. The summed E-state index contributed by atoms with van der Waals surface area (Å²) in [5.41, 5.74) is 1.75. The lowest BCUT2D eigenvalue weighted by Crippen LogP contribution is -2.42. The molecule has 1 fully saturated rings. The summed E-state index contributed by atoms with van der Waals surface area (Å²) >= 11 is 11.6. The molecule has 0 saturated carbocycles. The number of hydrogen-bond donors (Lipinski definition) is 0. The maximum Gasteiger partial charge on any atom is 0.254 e.